The summed E-state index contributed by atoms with van der Waals surface area (Å²) < 4.78 is 85.0. The molecule has 0 unspecified atom stereocenters. The summed E-state index contributed by atoms with van der Waals surface area (Å²) in [5, 5.41) is 0. The molecule has 0 N–H and O–H groups in total. The van der Waals surface area contributed by atoms with Crippen molar-refractivity contribution in [2.24, 2.45) is 0 Å². The number of rotatable bonds is 1. The van der Waals surface area contributed by atoms with Crippen molar-refractivity contribution in [3.8, 4) is 0 Å². The Morgan fingerprint density at radius 1 is 1.35 bits per heavy atom. The zero-order chi connectivity index (χ0) is 26.4. The van der Waals surface area contributed by atoms with Gasteiger partial charge in [0.05, 0.1) is 28.9 Å². The Bertz CT molecular complexity index is 1030. The maximum absolute atomic E-state index is 12.8. The zero-order valence-corrected chi connectivity index (χ0v) is 16.1. The highest BCUT2D eigenvalue weighted by Crippen LogP contribution is 2.36. The number of nitrogens with zero attached hydrogens (tertiary/aromatic N) is 2. The number of carbonyl (C=O) groups excluding carboxylic acids is 1. The third-order valence-corrected chi connectivity index (χ3v) is 4.36. The minimum atomic E-state index is -3.28. The van der Waals surface area contributed by atoms with Crippen LogP contribution in [0.1, 0.15) is 70.7 Å². The molecule has 3 heterocycles. The maximum atomic E-state index is 12.8. The number of fused-ring (bicyclic) bond motifs is 1. The van der Waals surface area contributed by atoms with Crippen molar-refractivity contribution in [3.05, 3.63) is 23.5 Å². The monoisotopic (exact) mass is 368 g/mol. The van der Waals surface area contributed by atoms with Crippen LogP contribution >= 0.6 is 0 Å². The van der Waals surface area contributed by atoms with Crippen molar-refractivity contribution in [1.82, 2.24) is 9.88 Å². The lowest BCUT2D eigenvalue weighted by molar-refractivity contribution is 0.00578. The van der Waals surface area contributed by atoms with E-state index in [4.69, 9.17) is 25.0 Å². The van der Waals surface area contributed by atoms with Crippen LogP contribution in [-0.4, -0.2) is 46.4 Å². The predicted molar refractivity (Wildman–Crippen MR) is 100 cm³/mol. The van der Waals surface area contributed by atoms with Gasteiger partial charge in [0.2, 0.25) is 0 Å². The highest BCUT2D eigenvalue weighted by molar-refractivity contribution is 6.62. The number of hydrogen-bond acceptors (Lipinski definition) is 5. The van der Waals surface area contributed by atoms with Crippen LogP contribution in [0.25, 0.3) is 0 Å². The van der Waals surface area contributed by atoms with E-state index in [1.807, 2.05) is 0 Å². The van der Waals surface area contributed by atoms with Gasteiger partial charge in [-0.2, -0.15) is 0 Å². The van der Waals surface area contributed by atoms with Gasteiger partial charge in [0.25, 0.3) is 0 Å². The lowest BCUT2D eigenvalue weighted by atomic mass is 9.79. The molecule has 1 aromatic rings. The van der Waals surface area contributed by atoms with Crippen LogP contribution in [0.5, 0.6) is 0 Å². The molecule has 0 radical (unpaired) electrons. The molecule has 0 bridgehead atoms. The average Bonchev–Trinajstić information content (AvgIpc) is 2.77. The number of pyridine rings is 1. The Hall–Kier alpha value is -1.60. The van der Waals surface area contributed by atoms with Gasteiger partial charge in [-0.25, -0.2) is 4.79 Å². The third kappa shape index (κ3) is 3.74. The molecule has 2 aliphatic heterocycles. The SMILES string of the molecule is [2H]c1nc2c(c([2H])c1B1OC(C)(C)C(C)(C)O1)C([2H])([2H])C([2H])([2H])N(C(=O)OC(C)(C)C)C2([2H])[2H]. The van der Waals surface area contributed by atoms with E-state index in [1.54, 1.807) is 27.7 Å². The summed E-state index contributed by atoms with van der Waals surface area (Å²) in [5.41, 5.74) is -4.54. The fourth-order valence-corrected chi connectivity index (χ4v) is 2.28. The van der Waals surface area contributed by atoms with E-state index in [0.717, 1.165) is 0 Å². The van der Waals surface area contributed by atoms with Crippen LogP contribution in [-0.2, 0) is 26.9 Å². The maximum Gasteiger partial charge on any atom is 0.496 e. The molecule has 0 atom stereocenters. The Balaban J connectivity index is 2.26. The fraction of sp³-hybridized carbons (Fsp3) is 0.684. The number of ether oxygens (including phenoxy) is 1. The van der Waals surface area contributed by atoms with Gasteiger partial charge in [-0.15, -0.1) is 0 Å². The molecular weight excluding hydrogens is 331 g/mol. The summed E-state index contributed by atoms with van der Waals surface area (Å²) in [5.74, 6) is 0. The van der Waals surface area contributed by atoms with E-state index in [9.17, 15) is 4.79 Å². The Kier molecular flexibility index (Phi) is 2.71. The minimum Gasteiger partial charge on any atom is -0.444 e. The summed E-state index contributed by atoms with van der Waals surface area (Å²) in [6.07, 6.45) is -5.14. The number of hydrogen-bond donors (Lipinski definition) is 0. The summed E-state index contributed by atoms with van der Waals surface area (Å²) in [7, 11) is -1.28. The Labute approximate surface area is 167 Å². The van der Waals surface area contributed by atoms with Crippen molar-refractivity contribution >= 4 is 18.7 Å². The van der Waals surface area contributed by atoms with Gasteiger partial charge in [-0.1, -0.05) is 6.04 Å². The van der Waals surface area contributed by atoms with Crippen molar-refractivity contribution in [2.75, 3.05) is 6.50 Å². The normalized spacial score (nSPS) is 31.8. The van der Waals surface area contributed by atoms with Crippen molar-refractivity contribution in [3.63, 3.8) is 0 Å². The van der Waals surface area contributed by atoms with Crippen LogP contribution in [0, 0.1) is 0 Å². The second-order valence-electron chi connectivity index (χ2n) is 8.24. The first-order valence-electron chi connectivity index (χ1n) is 12.4. The number of aromatic nitrogens is 1. The average molecular weight is 368 g/mol. The second kappa shape index (κ2) is 6.24. The molecule has 1 aromatic heterocycles. The van der Waals surface area contributed by atoms with E-state index >= 15 is 0 Å². The number of amides is 1. The van der Waals surface area contributed by atoms with Gasteiger partial charge < -0.3 is 18.9 Å². The highest BCUT2D eigenvalue weighted by Gasteiger charge is 2.52. The molecule has 1 amide bonds. The van der Waals surface area contributed by atoms with Crippen LogP contribution in [0.4, 0.5) is 4.79 Å². The van der Waals surface area contributed by atoms with Crippen LogP contribution < -0.4 is 5.46 Å². The Morgan fingerprint density at radius 2 is 1.96 bits per heavy atom. The molecule has 0 aromatic carbocycles. The highest BCUT2D eigenvalue weighted by atomic mass is 16.7. The molecule has 2 aliphatic rings. The largest absolute Gasteiger partial charge is 0.496 e. The first-order chi connectivity index (χ1) is 15.0. The fourth-order valence-electron chi connectivity index (χ4n) is 2.28. The smallest absolute Gasteiger partial charge is 0.444 e. The molecule has 0 saturated carbocycles. The molecule has 6 nitrogen and oxygen atoms in total. The summed E-state index contributed by atoms with van der Waals surface area (Å²) in [6.45, 7) is 5.20. The lowest BCUT2D eigenvalue weighted by Gasteiger charge is -2.32. The van der Waals surface area contributed by atoms with E-state index < -0.39 is 72.9 Å². The van der Waals surface area contributed by atoms with Crippen LogP contribution in [0.2, 0.25) is 0 Å². The van der Waals surface area contributed by atoms with Crippen LogP contribution in [0.15, 0.2) is 12.2 Å². The lowest BCUT2D eigenvalue weighted by Crippen LogP contribution is -2.41. The molecule has 0 aliphatic carbocycles. The summed E-state index contributed by atoms with van der Waals surface area (Å²) in [6, 6.07) is -0.671. The summed E-state index contributed by atoms with van der Waals surface area (Å²) in [4.78, 5) is 16.7. The zero-order valence-electron chi connectivity index (χ0n) is 24.1. The van der Waals surface area contributed by atoms with E-state index in [2.05, 4.69) is 4.98 Å². The first-order valence-corrected chi connectivity index (χ1v) is 8.40. The molecule has 1 saturated heterocycles. The molecule has 26 heavy (non-hydrogen) atoms. The van der Waals surface area contributed by atoms with Crippen molar-refractivity contribution < 1.29 is 29.8 Å². The number of carbonyl (C=O) groups is 1. The quantitative estimate of drug-likeness (QED) is 0.714. The van der Waals surface area contributed by atoms with Crippen LogP contribution in [0.3, 0.4) is 0 Å². The standard InChI is InChI=1S/C19H29BN2O4/c1-17(2,3)24-16(23)22-9-8-13-10-14(11-21-15(13)12-22)20-25-18(4,5)19(6,7)26-20/h10-11H,8-9,12H2,1-7H3/i8D2,9D2,10D,11D,12D2. The molecular formula is C19H29BN2O4. The van der Waals surface area contributed by atoms with E-state index in [1.165, 1.54) is 20.8 Å². The second-order valence-corrected chi connectivity index (χ2v) is 8.24. The van der Waals surface area contributed by atoms with E-state index in [-0.39, 0.29) is 10.4 Å². The van der Waals surface area contributed by atoms with E-state index in [0.29, 0.717) is 0 Å². The predicted octanol–water partition coefficient (Wildman–Crippen LogP) is 2.67. The first kappa shape index (κ1) is 11.3. The molecule has 3 rings (SSSR count). The molecule has 7 heteroatoms. The van der Waals surface area contributed by atoms with Crippen molar-refractivity contribution in [1.29, 1.82) is 0 Å². The Morgan fingerprint density at radius 3 is 2.54 bits per heavy atom. The molecule has 142 valence electrons. The molecule has 1 fully saturated rings. The van der Waals surface area contributed by atoms with Gasteiger partial charge in [0.15, 0.2) is 0 Å². The van der Waals surface area contributed by atoms with Gasteiger partial charge in [-0.05, 0) is 60.4 Å². The topological polar surface area (TPSA) is 60.9 Å². The molecule has 0 spiro atoms. The van der Waals surface area contributed by atoms with Gasteiger partial charge in [0, 0.05) is 23.6 Å². The van der Waals surface area contributed by atoms with Gasteiger partial charge in [0.1, 0.15) is 5.60 Å². The van der Waals surface area contributed by atoms with Gasteiger partial charge >= 0.3 is 13.2 Å². The minimum absolute atomic E-state index is 0.00786. The summed E-state index contributed by atoms with van der Waals surface area (Å²) >= 11 is 0. The van der Waals surface area contributed by atoms with Crippen molar-refractivity contribution in [2.45, 2.75) is 78.1 Å². The third-order valence-electron chi connectivity index (χ3n) is 4.36. The van der Waals surface area contributed by atoms with Gasteiger partial charge in [-0.3, -0.25) is 4.98 Å².